The highest BCUT2D eigenvalue weighted by Gasteiger charge is 2.18. The van der Waals surface area contributed by atoms with Crippen molar-refractivity contribution in [3.63, 3.8) is 0 Å². The average Bonchev–Trinajstić information content (AvgIpc) is 2.49. The zero-order valence-electron chi connectivity index (χ0n) is 12.4. The third-order valence-corrected chi connectivity index (χ3v) is 3.25. The van der Waals surface area contributed by atoms with Gasteiger partial charge in [-0.3, -0.25) is 9.59 Å². The lowest BCUT2D eigenvalue weighted by Gasteiger charge is -2.19. The Balaban J connectivity index is 2.27. The van der Waals surface area contributed by atoms with E-state index >= 15 is 0 Å². The van der Waals surface area contributed by atoms with Crippen LogP contribution in [0.4, 0.5) is 0 Å². The van der Waals surface area contributed by atoms with Crippen molar-refractivity contribution in [3.05, 3.63) is 64.1 Å². The van der Waals surface area contributed by atoms with Gasteiger partial charge in [-0.15, -0.1) is 0 Å². The van der Waals surface area contributed by atoms with Crippen LogP contribution in [0, 0.1) is 0 Å². The number of aryl methyl sites for hydroxylation is 1. The van der Waals surface area contributed by atoms with Gasteiger partial charge in [0.2, 0.25) is 0 Å². The summed E-state index contributed by atoms with van der Waals surface area (Å²) in [5.41, 5.74) is 1.20. The topological polar surface area (TPSA) is 51.5 Å². The molecule has 0 bridgehead atoms. The molecule has 5 nitrogen and oxygen atoms in total. The van der Waals surface area contributed by atoms with Gasteiger partial charge >= 0.3 is 0 Å². The van der Waals surface area contributed by atoms with Crippen molar-refractivity contribution in [2.45, 2.75) is 6.54 Å². The van der Waals surface area contributed by atoms with E-state index in [9.17, 15) is 9.59 Å². The maximum absolute atomic E-state index is 12.5. The number of amides is 1. The second kappa shape index (κ2) is 6.26. The van der Waals surface area contributed by atoms with Crippen LogP contribution in [-0.2, 0) is 13.6 Å². The van der Waals surface area contributed by atoms with Crippen molar-refractivity contribution in [2.24, 2.45) is 7.05 Å². The summed E-state index contributed by atoms with van der Waals surface area (Å²) >= 11 is 0. The van der Waals surface area contributed by atoms with Gasteiger partial charge in [-0.25, -0.2) is 0 Å². The fraction of sp³-hybridized carbons (Fsp3) is 0.250. The van der Waals surface area contributed by atoms with Gasteiger partial charge in [0.15, 0.2) is 0 Å². The average molecular weight is 286 g/mol. The molecule has 1 amide bonds. The predicted molar refractivity (Wildman–Crippen MR) is 80.5 cm³/mol. The molecule has 0 spiro atoms. The van der Waals surface area contributed by atoms with E-state index in [0.717, 1.165) is 5.56 Å². The van der Waals surface area contributed by atoms with Crippen molar-refractivity contribution in [3.8, 4) is 5.75 Å². The zero-order valence-corrected chi connectivity index (χ0v) is 12.4. The van der Waals surface area contributed by atoms with Gasteiger partial charge in [0, 0.05) is 32.9 Å². The van der Waals surface area contributed by atoms with Gasteiger partial charge in [0.25, 0.3) is 11.5 Å². The van der Waals surface area contributed by atoms with Crippen molar-refractivity contribution in [1.82, 2.24) is 9.47 Å². The number of methoxy groups -OCH3 is 1. The summed E-state index contributed by atoms with van der Waals surface area (Å²) < 4.78 is 6.51. The van der Waals surface area contributed by atoms with Gasteiger partial charge in [0.1, 0.15) is 5.75 Å². The fourth-order valence-electron chi connectivity index (χ4n) is 2.08. The molecule has 0 aliphatic carbocycles. The molecule has 0 radical (unpaired) electrons. The largest absolute Gasteiger partial charge is 0.496 e. The molecule has 2 rings (SSSR count). The van der Waals surface area contributed by atoms with Crippen LogP contribution in [0.25, 0.3) is 0 Å². The number of hydrogen-bond acceptors (Lipinski definition) is 3. The van der Waals surface area contributed by atoms with E-state index in [-0.39, 0.29) is 11.5 Å². The first-order valence-electron chi connectivity index (χ1n) is 6.57. The van der Waals surface area contributed by atoms with Crippen LogP contribution in [0.15, 0.2) is 47.4 Å². The molecule has 1 aromatic carbocycles. The Hall–Kier alpha value is -2.56. The maximum Gasteiger partial charge on any atom is 0.259 e. The lowest BCUT2D eigenvalue weighted by molar-refractivity contribution is 0.0780. The molecule has 0 aliphatic heterocycles. The molecule has 1 aromatic heterocycles. The highest BCUT2D eigenvalue weighted by Crippen LogP contribution is 2.17. The van der Waals surface area contributed by atoms with E-state index in [2.05, 4.69) is 0 Å². The van der Waals surface area contributed by atoms with Crippen LogP contribution in [-0.4, -0.2) is 29.5 Å². The van der Waals surface area contributed by atoms with Crippen LogP contribution in [0.2, 0.25) is 0 Å². The summed E-state index contributed by atoms with van der Waals surface area (Å²) in [5.74, 6) is 0.106. The standard InChI is InChI=1S/C16H18N2O3/c1-17-11-13(14(21-3)9-15(17)19)16(20)18(2)10-12-7-5-4-6-8-12/h4-9,11H,10H2,1-3H3. The van der Waals surface area contributed by atoms with E-state index in [1.807, 2.05) is 30.3 Å². The molecule has 2 aromatic rings. The van der Waals surface area contributed by atoms with Crippen LogP contribution in [0.1, 0.15) is 15.9 Å². The summed E-state index contributed by atoms with van der Waals surface area (Å²) in [6.45, 7) is 0.492. The third kappa shape index (κ3) is 3.31. The number of aromatic nitrogens is 1. The number of pyridine rings is 1. The summed E-state index contributed by atoms with van der Waals surface area (Å²) in [4.78, 5) is 25.7. The molecular weight excluding hydrogens is 268 g/mol. The Morgan fingerprint density at radius 2 is 1.95 bits per heavy atom. The van der Waals surface area contributed by atoms with Crippen molar-refractivity contribution >= 4 is 5.91 Å². The number of nitrogens with zero attached hydrogens (tertiary/aromatic N) is 2. The second-order valence-electron chi connectivity index (χ2n) is 4.85. The predicted octanol–water partition coefficient (Wildman–Crippen LogP) is 1.67. The van der Waals surface area contributed by atoms with Gasteiger partial charge in [0.05, 0.1) is 12.7 Å². The first-order valence-corrected chi connectivity index (χ1v) is 6.57. The highest BCUT2D eigenvalue weighted by atomic mass is 16.5. The molecule has 21 heavy (non-hydrogen) atoms. The monoisotopic (exact) mass is 286 g/mol. The lowest BCUT2D eigenvalue weighted by Crippen LogP contribution is -2.28. The van der Waals surface area contributed by atoms with Crippen molar-refractivity contribution in [2.75, 3.05) is 14.2 Å². The molecule has 5 heteroatoms. The number of hydrogen-bond donors (Lipinski definition) is 0. The fourth-order valence-corrected chi connectivity index (χ4v) is 2.08. The quantitative estimate of drug-likeness (QED) is 0.859. The van der Waals surface area contributed by atoms with Gasteiger partial charge in [-0.05, 0) is 5.56 Å². The van der Waals surface area contributed by atoms with Gasteiger partial charge in [-0.2, -0.15) is 0 Å². The van der Waals surface area contributed by atoms with E-state index < -0.39 is 0 Å². The number of benzene rings is 1. The van der Waals surface area contributed by atoms with Gasteiger partial charge in [-0.1, -0.05) is 30.3 Å². The van der Waals surface area contributed by atoms with E-state index in [1.165, 1.54) is 23.9 Å². The Kier molecular flexibility index (Phi) is 4.42. The Labute approximate surface area is 123 Å². The number of carbonyl (C=O) groups excluding carboxylic acids is 1. The van der Waals surface area contributed by atoms with Crippen molar-refractivity contribution < 1.29 is 9.53 Å². The van der Waals surface area contributed by atoms with E-state index in [0.29, 0.717) is 17.9 Å². The van der Waals surface area contributed by atoms with E-state index in [4.69, 9.17) is 4.74 Å². The minimum atomic E-state index is -0.214. The molecule has 0 unspecified atom stereocenters. The Morgan fingerprint density at radius 1 is 1.29 bits per heavy atom. The second-order valence-corrected chi connectivity index (χ2v) is 4.85. The molecule has 0 saturated heterocycles. The maximum atomic E-state index is 12.5. The first-order chi connectivity index (χ1) is 10.0. The lowest BCUT2D eigenvalue weighted by atomic mass is 10.2. The van der Waals surface area contributed by atoms with E-state index in [1.54, 1.807) is 19.0 Å². The number of carbonyl (C=O) groups is 1. The van der Waals surface area contributed by atoms with Crippen LogP contribution < -0.4 is 10.3 Å². The van der Waals surface area contributed by atoms with Gasteiger partial charge < -0.3 is 14.2 Å². The molecule has 1 heterocycles. The molecule has 0 saturated carbocycles. The third-order valence-electron chi connectivity index (χ3n) is 3.25. The molecule has 0 aliphatic rings. The Morgan fingerprint density at radius 3 is 2.57 bits per heavy atom. The molecular formula is C16H18N2O3. The molecule has 0 atom stereocenters. The summed E-state index contributed by atoms with van der Waals surface area (Å²) in [5, 5.41) is 0. The highest BCUT2D eigenvalue weighted by molar-refractivity contribution is 5.96. The SMILES string of the molecule is COc1cc(=O)n(C)cc1C(=O)N(C)Cc1ccccc1. The number of ether oxygens (including phenoxy) is 1. The van der Waals surface area contributed by atoms with Crippen LogP contribution >= 0.6 is 0 Å². The molecule has 0 fully saturated rings. The first kappa shape index (κ1) is 14.8. The summed E-state index contributed by atoms with van der Waals surface area (Å²) in [6, 6.07) is 11.0. The zero-order chi connectivity index (χ0) is 15.4. The number of rotatable bonds is 4. The normalized spacial score (nSPS) is 10.2. The van der Waals surface area contributed by atoms with Crippen LogP contribution in [0.5, 0.6) is 5.75 Å². The summed E-state index contributed by atoms with van der Waals surface area (Å²) in [7, 11) is 4.78. The Bertz CT molecular complexity index is 692. The van der Waals surface area contributed by atoms with Crippen LogP contribution in [0.3, 0.4) is 0 Å². The minimum Gasteiger partial charge on any atom is -0.496 e. The van der Waals surface area contributed by atoms with Crippen molar-refractivity contribution in [1.29, 1.82) is 0 Å². The smallest absolute Gasteiger partial charge is 0.259 e. The summed E-state index contributed by atoms with van der Waals surface area (Å²) in [6.07, 6.45) is 1.50. The minimum absolute atomic E-state index is 0.189. The molecule has 110 valence electrons. The molecule has 0 N–H and O–H groups in total.